The summed E-state index contributed by atoms with van der Waals surface area (Å²) in [4.78, 5) is 0. The number of hydrogen-bond donors (Lipinski definition) is 2. The quantitative estimate of drug-likeness (QED) is 0.682. The Kier molecular flexibility index (Phi) is 4.94. The van der Waals surface area contributed by atoms with Crippen LogP contribution in [0.15, 0.2) is 0 Å². The topological polar surface area (TPSA) is 92.3 Å². The molecule has 1 heterocycles. The van der Waals surface area contributed by atoms with Gasteiger partial charge >= 0.3 is 0 Å². The molecule has 1 aliphatic rings. The van der Waals surface area contributed by atoms with Gasteiger partial charge in [0, 0.05) is 12.6 Å². The molecular weight excluding hydrogens is 264 g/mol. The van der Waals surface area contributed by atoms with E-state index >= 15 is 0 Å². The molecule has 1 atom stereocenters. The van der Waals surface area contributed by atoms with Crippen molar-refractivity contribution in [3.05, 3.63) is 0 Å². The molecule has 1 aliphatic heterocycles. The van der Waals surface area contributed by atoms with E-state index in [9.17, 15) is 16.8 Å². The fraction of sp³-hybridized carbons (Fsp3) is 1.00. The Labute approximate surface area is 103 Å². The van der Waals surface area contributed by atoms with Crippen LogP contribution in [0, 0.1) is 0 Å². The third-order valence-corrected chi connectivity index (χ3v) is 6.51. The van der Waals surface area contributed by atoms with Gasteiger partial charge in [-0.3, -0.25) is 0 Å². The zero-order chi connectivity index (χ0) is 13.1. The third-order valence-electron chi connectivity index (χ3n) is 2.91. The maximum atomic E-state index is 11.8. The summed E-state index contributed by atoms with van der Waals surface area (Å²) in [5, 5.41) is 2.29. The standard InChI is InChI=1S/C9H20N2O4S2/c1-8(7-10-2)17(14,15)11-9-3-5-16(12,13)6-4-9/h8-11H,3-7H2,1-2H3. The van der Waals surface area contributed by atoms with Gasteiger partial charge in [0.25, 0.3) is 0 Å². The number of hydrogen-bond acceptors (Lipinski definition) is 5. The van der Waals surface area contributed by atoms with Gasteiger partial charge in [-0.15, -0.1) is 0 Å². The average molecular weight is 284 g/mol. The van der Waals surface area contributed by atoms with Crippen LogP contribution in [0.2, 0.25) is 0 Å². The molecule has 0 bridgehead atoms. The minimum atomic E-state index is -3.37. The molecule has 17 heavy (non-hydrogen) atoms. The zero-order valence-corrected chi connectivity index (χ0v) is 11.8. The summed E-state index contributed by atoms with van der Waals surface area (Å²) >= 11 is 0. The van der Waals surface area contributed by atoms with E-state index in [-0.39, 0.29) is 17.5 Å². The van der Waals surface area contributed by atoms with Crippen LogP contribution in [-0.4, -0.2) is 53.2 Å². The average Bonchev–Trinajstić information content (AvgIpc) is 2.21. The summed E-state index contributed by atoms with van der Waals surface area (Å²) in [6.45, 7) is 2.00. The Bertz CT molecular complexity index is 430. The van der Waals surface area contributed by atoms with Crippen molar-refractivity contribution in [1.82, 2.24) is 10.0 Å². The molecule has 102 valence electrons. The molecule has 1 rings (SSSR count). The van der Waals surface area contributed by atoms with Crippen LogP contribution >= 0.6 is 0 Å². The molecule has 0 aliphatic carbocycles. The second-order valence-corrected chi connectivity index (χ2v) is 8.89. The molecule has 0 aromatic carbocycles. The number of sulfonamides is 1. The molecule has 0 radical (unpaired) electrons. The van der Waals surface area contributed by atoms with Crippen LogP contribution in [0.5, 0.6) is 0 Å². The monoisotopic (exact) mass is 284 g/mol. The predicted octanol–water partition coefficient (Wildman–Crippen LogP) is -0.909. The van der Waals surface area contributed by atoms with Crippen LogP contribution in [0.4, 0.5) is 0 Å². The van der Waals surface area contributed by atoms with Crippen molar-refractivity contribution in [1.29, 1.82) is 0 Å². The molecule has 1 unspecified atom stereocenters. The van der Waals surface area contributed by atoms with Gasteiger partial charge in [-0.1, -0.05) is 0 Å². The first kappa shape index (κ1) is 14.9. The molecule has 0 saturated carbocycles. The lowest BCUT2D eigenvalue weighted by Gasteiger charge is -2.24. The van der Waals surface area contributed by atoms with Crippen LogP contribution in [0.1, 0.15) is 19.8 Å². The highest BCUT2D eigenvalue weighted by Gasteiger charge is 2.29. The normalized spacial score (nSPS) is 23.4. The molecule has 2 N–H and O–H groups in total. The Balaban J connectivity index is 2.55. The van der Waals surface area contributed by atoms with Gasteiger partial charge in [0.15, 0.2) is 0 Å². The third kappa shape index (κ3) is 4.53. The Morgan fingerprint density at radius 3 is 2.29 bits per heavy atom. The lowest BCUT2D eigenvalue weighted by molar-refractivity contribution is 0.499. The van der Waals surface area contributed by atoms with Crippen LogP contribution in [0.25, 0.3) is 0 Å². The Morgan fingerprint density at radius 2 is 1.82 bits per heavy atom. The Morgan fingerprint density at radius 1 is 1.29 bits per heavy atom. The number of sulfone groups is 1. The van der Waals surface area contributed by atoms with Crippen molar-refractivity contribution < 1.29 is 16.8 Å². The number of rotatable bonds is 5. The second kappa shape index (κ2) is 5.64. The maximum absolute atomic E-state index is 11.8. The minimum absolute atomic E-state index is 0.0700. The van der Waals surface area contributed by atoms with Crippen molar-refractivity contribution in [3.8, 4) is 0 Å². The van der Waals surface area contributed by atoms with Crippen LogP contribution < -0.4 is 10.0 Å². The highest BCUT2D eigenvalue weighted by atomic mass is 32.2. The van der Waals surface area contributed by atoms with E-state index in [0.717, 1.165) is 0 Å². The summed E-state index contributed by atoms with van der Waals surface area (Å²) in [5.41, 5.74) is 0. The van der Waals surface area contributed by atoms with Crippen LogP contribution in [-0.2, 0) is 19.9 Å². The SMILES string of the molecule is CNCC(C)S(=O)(=O)NC1CCS(=O)(=O)CC1. The lowest BCUT2D eigenvalue weighted by Crippen LogP contribution is -2.46. The molecule has 0 aromatic rings. The molecule has 0 amide bonds. The molecule has 1 saturated heterocycles. The van der Waals surface area contributed by atoms with Gasteiger partial charge in [-0.25, -0.2) is 21.6 Å². The molecular formula is C9H20N2O4S2. The zero-order valence-electron chi connectivity index (χ0n) is 10.1. The summed E-state index contributed by atoms with van der Waals surface area (Å²) < 4.78 is 48.7. The highest BCUT2D eigenvalue weighted by molar-refractivity contribution is 7.91. The first-order valence-electron chi connectivity index (χ1n) is 5.63. The summed E-state index contributed by atoms with van der Waals surface area (Å²) in [6, 6.07) is -0.247. The van der Waals surface area contributed by atoms with Gasteiger partial charge in [0.1, 0.15) is 9.84 Å². The second-order valence-electron chi connectivity index (χ2n) is 4.46. The summed E-state index contributed by atoms with van der Waals surface area (Å²) in [6.07, 6.45) is 0.738. The first-order valence-corrected chi connectivity index (χ1v) is 9.00. The minimum Gasteiger partial charge on any atom is -0.318 e. The molecule has 6 nitrogen and oxygen atoms in total. The van der Waals surface area contributed by atoms with E-state index in [1.54, 1.807) is 14.0 Å². The lowest BCUT2D eigenvalue weighted by atomic mass is 10.2. The summed E-state index contributed by atoms with van der Waals surface area (Å²) in [5.74, 6) is 0.140. The van der Waals surface area contributed by atoms with Gasteiger partial charge < -0.3 is 5.32 Å². The van der Waals surface area contributed by atoms with Crippen molar-refractivity contribution in [2.75, 3.05) is 25.1 Å². The van der Waals surface area contributed by atoms with Crippen LogP contribution in [0.3, 0.4) is 0 Å². The van der Waals surface area contributed by atoms with Crippen molar-refractivity contribution >= 4 is 19.9 Å². The first-order chi connectivity index (χ1) is 7.77. The van der Waals surface area contributed by atoms with Gasteiger partial charge in [0.05, 0.1) is 16.8 Å². The predicted molar refractivity (Wildman–Crippen MR) is 67.1 cm³/mol. The molecule has 1 fully saturated rings. The Hall–Kier alpha value is -0.180. The highest BCUT2D eigenvalue weighted by Crippen LogP contribution is 2.14. The van der Waals surface area contributed by atoms with E-state index in [1.165, 1.54) is 0 Å². The van der Waals surface area contributed by atoms with Gasteiger partial charge in [-0.2, -0.15) is 0 Å². The number of nitrogens with one attached hydrogen (secondary N) is 2. The summed E-state index contributed by atoms with van der Waals surface area (Å²) in [7, 11) is -4.62. The van der Waals surface area contributed by atoms with Crippen molar-refractivity contribution in [3.63, 3.8) is 0 Å². The molecule has 0 spiro atoms. The largest absolute Gasteiger partial charge is 0.318 e. The van der Waals surface area contributed by atoms with E-state index in [0.29, 0.717) is 19.4 Å². The maximum Gasteiger partial charge on any atom is 0.215 e. The van der Waals surface area contributed by atoms with Gasteiger partial charge in [-0.05, 0) is 26.8 Å². The molecule has 0 aromatic heterocycles. The van der Waals surface area contributed by atoms with Gasteiger partial charge in [0.2, 0.25) is 10.0 Å². The van der Waals surface area contributed by atoms with Crippen molar-refractivity contribution in [2.24, 2.45) is 0 Å². The fourth-order valence-electron chi connectivity index (χ4n) is 1.75. The van der Waals surface area contributed by atoms with E-state index in [1.807, 2.05) is 0 Å². The van der Waals surface area contributed by atoms with E-state index in [2.05, 4.69) is 10.0 Å². The van der Waals surface area contributed by atoms with E-state index < -0.39 is 25.1 Å². The van der Waals surface area contributed by atoms with Crippen molar-refractivity contribution in [2.45, 2.75) is 31.1 Å². The van der Waals surface area contributed by atoms with E-state index in [4.69, 9.17) is 0 Å². The molecule has 8 heteroatoms. The fourth-order valence-corrected chi connectivity index (χ4v) is 4.56. The smallest absolute Gasteiger partial charge is 0.215 e.